The molecule has 2 aromatic carbocycles. The van der Waals surface area contributed by atoms with Crippen LogP contribution in [-0.4, -0.2) is 12.3 Å². The van der Waals surface area contributed by atoms with Crippen molar-refractivity contribution >= 4 is 35.1 Å². The molecule has 0 aliphatic heterocycles. The van der Waals surface area contributed by atoms with E-state index >= 15 is 0 Å². The van der Waals surface area contributed by atoms with Gasteiger partial charge in [0.05, 0.1) is 10.0 Å². The highest BCUT2D eigenvalue weighted by Crippen LogP contribution is 2.24. The van der Waals surface area contributed by atoms with Crippen molar-refractivity contribution in [2.75, 3.05) is 6.54 Å². The van der Waals surface area contributed by atoms with Gasteiger partial charge in [-0.05, 0) is 23.8 Å². The number of nitrogens with two attached hydrogens (primary N) is 1. The Labute approximate surface area is 127 Å². The summed E-state index contributed by atoms with van der Waals surface area (Å²) in [4.78, 5) is 12.3. The highest BCUT2D eigenvalue weighted by atomic mass is 35.5. The van der Waals surface area contributed by atoms with Crippen molar-refractivity contribution in [2.45, 2.75) is 0 Å². The van der Waals surface area contributed by atoms with Gasteiger partial charge in [-0.25, -0.2) is 0 Å². The van der Waals surface area contributed by atoms with Crippen LogP contribution in [-0.2, 0) is 0 Å². The van der Waals surface area contributed by atoms with Crippen LogP contribution in [0.5, 0.6) is 0 Å². The largest absolute Gasteiger partial charge is 0.326 e. The van der Waals surface area contributed by atoms with Crippen molar-refractivity contribution in [1.82, 2.24) is 0 Å². The number of hydrogen-bond donors (Lipinski definition) is 1. The Morgan fingerprint density at radius 3 is 2.35 bits per heavy atom. The molecule has 0 aliphatic rings. The highest BCUT2D eigenvalue weighted by molar-refractivity contribution is 6.42. The molecule has 0 fully saturated rings. The molecule has 0 amide bonds. The monoisotopic (exact) mass is 305 g/mol. The molecule has 0 heterocycles. The van der Waals surface area contributed by atoms with Crippen molar-refractivity contribution in [2.24, 2.45) is 5.73 Å². The van der Waals surface area contributed by atoms with E-state index in [1.54, 1.807) is 36.4 Å². The first-order chi connectivity index (χ1) is 9.61. The van der Waals surface area contributed by atoms with E-state index in [0.717, 1.165) is 5.56 Å². The van der Waals surface area contributed by atoms with E-state index < -0.39 is 0 Å². The fourth-order valence-electron chi connectivity index (χ4n) is 1.80. The molecule has 2 aromatic rings. The summed E-state index contributed by atoms with van der Waals surface area (Å²) in [5.41, 5.74) is 7.61. The van der Waals surface area contributed by atoms with Crippen LogP contribution < -0.4 is 5.73 Å². The number of rotatable bonds is 4. The Morgan fingerprint density at radius 2 is 1.75 bits per heavy atom. The second-order valence-corrected chi connectivity index (χ2v) is 5.06. The van der Waals surface area contributed by atoms with Crippen molar-refractivity contribution in [3.63, 3.8) is 0 Å². The highest BCUT2D eigenvalue weighted by Gasteiger charge is 2.10. The van der Waals surface area contributed by atoms with E-state index in [4.69, 9.17) is 28.9 Å². The van der Waals surface area contributed by atoms with Gasteiger partial charge in [0.25, 0.3) is 0 Å². The topological polar surface area (TPSA) is 43.1 Å². The smallest absolute Gasteiger partial charge is 0.190 e. The quantitative estimate of drug-likeness (QED) is 0.679. The molecule has 0 atom stereocenters. The van der Waals surface area contributed by atoms with Gasteiger partial charge >= 0.3 is 0 Å². The van der Waals surface area contributed by atoms with Crippen LogP contribution in [0.25, 0.3) is 6.08 Å². The van der Waals surface area contributed by atoms with E-state index in [1.807, 2.05) is 18.2 Å². The summed E-state index contributed by atoms with van der Waals surface area (Å²) in [5.74, 6) is -0.0841. The maximum Gasteiger partial charge on any atom is 0.190 e. The van der Waals surface area contributed by atoms with Gasteiger partial charge in [-0.2, -0.15) is 0 Å². The minimum atomic E-state index is -0.0841. The van der Waals surface area contributed by atoms with E-state index in [-0.39, 0.29) is 12.3 Å². The number of ketones is 1. The molecule has 4 heteroatoms. The molecule has 0 unspecified atom stereocenters. The van der Waals surface area contributed by atoms with Crippen LogP contribution in [0.3, 0.4) is 0 Å². The van der Waals surface area contributed by atoms with Crippen LogP contribution in [0.2, 0.25) is 10.0 Å². The number of Topliss-reactive ketones (excluding diaryl/α,β-unsaturated/α-hetero) is 1. The molecule has 20 heavy (non-hydrogen) atoms. The first kappa shape index (κ1) is 14.8. The lowest BCUT2D eigenvalue weighted by Crippen LogP contribution is -2.13. The molecule has 0 bridgehead atoms. The summed E-state index contributed by atoms with van der Waals surface area (Å²) in [6, 6.07) is 14.2. The molecular weight excluding hydrogens is 293 g/mol. The molecule has 0 saturated carbocycles. The predicted octanol–water partition coefficient (Wildman–Crippen LogP) is 4.22. The molecule has 2 nitrogen and oxygen atoms in total. The third-order valence-corrected chi connectivity index (χ3v) is 3.57. The Kier molecular flexibility index (Phi) is 4.96. The molecule has 0 aromatic heterocycles. The van der Waals surface area contributed by atoms with E-state index in [0.29, 0.717) is 21.2 Å². The summed E-state index contributed by atoms with van der Waals surface area (Å²) in [7, 11) is 0. The zero-order valence-electron chi connectivity index (χ0n) is 10.6. The molecule has 0 spiro atoms. The third kappa shape index (κ3) is 3.48. The number of benzene rings is 2. The van der Waals surface area contributed by atoms with Gasteiger partial charge in [-0.15, -0.1) is 0 Å². The van der Waals surface area contributed by atoms with Gasteiger partial charge in [-0.1, -0.05) is 59.6 Å². The molecule has 2 N–H and O–H groups in total. The fourth-order valence-corrected chi connectivity index (χ4v) is 2.10. The van der Waals surface area contributed by atoms with Gasteiger partial charge in [0.15, 0.2) is 5.78 Å². The van der Waals surface area contributed by atoms with Gasteiger partial charge in [-0.3, -0.25) is 4.79 Å². The van der Waals surface area contributed by atoms with Gasteiger partial charge in [0, 0.05) is 17.7 Å². The van der Waals surface area contributed by atoms with Crippen LogP contribution in [0, 0.1) is 0 Å². The average molecular weight is 306 g/mol. The van der Waals surface area contributed by atoms with Crippen molar-refractivity contribution in [3.05, 3.63) is 75.3 Å². The van der Waals surface area contributed by atoms with Gasteiger partial charge < -0.3 is 5.73 Å². The normalized spacial score (nSPS) is 11.4. The lowest BCUT2D eigenvalue weighted by Gasteiger charge is -2.05. The summed E-state index contributed by atoms with van der Waals surface area (Å²) < 4.78 is 0. The number of hydrogen-bond acceptors (Lipinski definition) is 2. The fraction of sp³-hybridized carbons (Fsp3) is 0.0625. The molecule has 0 saturated heterocycles. The Hall–Kier alpha value is -1.61. The lowest BCUT2D eigenvalue weighted by molar-refractivity contribution is 0.103. The Balaban J connectivity index is 2.34. The number of carbonyl (C=O) groups excluding carboxylic acids is 1. The first-order valence-electron chi connectivity index (χ1n) is 6.07. The van der Waals surface area contributed by atoms with Crippen LogP contribution in [0.4, 0.5) is 0 Å². The zero-order chi connectivity index (χ0) is 14.5. The summed E-state index contributed by atoms with van der Waals surface area (Å²) in [6.45, 7) is 0.161. The molecular formula is C16H13Cl2NO. The van der Waals surface area contributed by atoms with Crippen molar-refractivity contribution in [3.8, 4) is 0 Å². The van der Waals surface area contributed by atoms with Crippen molar-refractivity contribution < 1.29 is 4.79 Å². The van der Waals surface area contributed by atoms with Crippen LogP contribution in [0.15, 0.2) is 54.1 Å². The number of halogens is 2. The van der Waals surface area contributed by atoms with E-state index in [9.17, 15) is 4.79 Å². The predicted molar refractivity (Wildman–Crippen MR) is 84.3 cm³/mol. The maximum atomic E-state index is 12.3. The van der Waals surface area contributed by atoms with Gasteiger partial charge in [0.1, 0.15) is 0 Å². The maximum absolute atomic E-state index is 12.3. The van der Waals surface area contributed by atoms with Crippen LogP contribution >= 0.6 is 23.2 Å². The third-order valence-electron chi connectivity index (χ3n) is 2.83. The molecule has 0 radical (unpaired) electrons. The van der Waals surface area contributed by atoms with Crippen molar-refractivity contribution in [1.29, 1.82) is 0 Å². The first-order valence-corrected chi connectivity index (χ1v) is 6.83. The summed E-state index contributed by atoms with van der Waals surface area (Å²) in [5, 5.41) is 0.927. The summed E-state index contributed by atoms with van der Waals surface area (Å²) >= 11 is 11.8. The Bertz CT molecular complexity index is 651. The minimum absolute atomic E-state index is 0.0841. The standard InChI is InChI=1S/C16H13Cl2NO/c17-14-7-6-11(9-15(14)18)8-13(10-19)16(20)12-4-2-1-3-5-12/h1-9H,10,19H2/b13-8+. The summed E-state index contributed by atoms with van der Waals surface area (Å²) in [6.07, 6.45) is 1.73. The lowest BCUT2D eigenvalue weighted by atomic mass is 10.0. The number of carbonyl (C=O) groups is 1. The second-order valence-electron chi connectivity index (χ2n) is 4.24. The van der Waals surface area contributed by atoms with E-state index in [1.165, 1.54) is 0 Å². The SMILES string of the molecule is NC/C(=C\c1ccc(Cl)c(Cl)c1)C(=O)c1ccccc1. The minimum Gasteiger partial charge on any atom is -0.326 e. The van der Waals surface area contributed by atoms with E-state index in [2.05, 4.69) is 0 Å². The zero-order valence-corrected chi connectivity index (χ0v) is 12.2. The molecule has 2 rings (SSSR count). The second kappa shape index (κ2) is 6.71. The Morgan fingerprint density at radius 1 is 1.05 bits per heavy atom. The average Bonchev–Trinajstić information content (AvgIpc) is 2.48. The van der Waals surface area contributed by atoms with Gasteiger partial charge in [0.2, 0.25) is 0 Å². The van der Waals surface area contributed by atoms with Crippen LogP contribution in [0.1, 0.15) is 15.9 Å². The molecule has 102 valence electrons. The molecule has 0 aliphatic carbocycles.